The first-order valence-electron chi connectivity index (χ1n) is 8.12. The summed E-state index contributed by atoms with van der Waals surface area (Å²) in [5, 5.41) is 12.6. The minimum atomic E-state index is -0.869. The number of aliphatic carboxylic acids is 1. The summed E-state index contributed by atoms with van der Waals surface area (Å²) in [6.07, 6.45) is 5.38. The van der Waals surface area contributed by atoms with Gasteiger partial charge in [-0.3, -0.25) is 4.79 Å². The topological polar surface area (TPSA) is 79.5 Å². The summed E-state index contributed by atoms with van der Waals surface area (Å²) in [7, 11) is 0. The van der Waals surface area contributed by atoms with E-state index < -0.39 is 5.97 Å². The number of aryl methyl sites for hydroxylation is 1. The zero-order chi connectivity index (χ0) is 16.1. The third-order valence-corrected chi connectivity index (χ3v) is 4.12. The average molecular weight is 315 g/mol. The second-order valence-electron chi connectivity index (χ2n) is 5.85. The molecule has 1 aliphatic rings. The van der Waals surface area contributed by atoms with Crippen molar-refractivity contribution in [2.45, 2.75) is 38.5 Å². The van der Waals surface area contributed by atoms with Gasteiger partial charge in [0, 0.05) is 30.8 Å². The number of anilines is 1. The van der Waals surface area contributed by atoms with Gasteiger partial charge in [-0.2, -0.15) is 4.98 Å². The van der Waals surface area contributed by atoms with Gasteiger partial charge in [-0.15, -0.1) is 0 Å². The van der Waals surface area contributed by atoms with Crippen LogP contribution >= 0.6 is 0 Å². The molecule has 1 saturated heterocycles. The van der Waals surface area contributed by atoms with Crippen LogP contribution in [0.25, 0.3) is 11.4 Å². The standard InChI is InChI=1S/C17H21N3O3/c21-16(22)10-9-15-18-17(19-23-15)13-5-7-14(8-6-13)20-11-3-1-2-4-12-20/h5-8H,1-4,9-12H2,(H,21,22). The molecular formula is C17H21N3O3. The molecule has 0 spiro atoms. The van der Waals surface area contributed by atoms with E-state index in [9.17, 15) is 4.79 Å². The molecule has 0 aliphatic carbocycles. The fraction of sp³-hybridized carbons (Fsp3) is 0.471. The summed E-state index contributed by atoms with van der Waals surface area (Å²) < 4.78 is 5.10. The predicted octanol–water partition coefficient (Wildman–Crippen LogP) is 3.13. The molecule has 0 unspecified atom stereocenters. The summed E-state index contributed by atoms with van der Waals surface area (Å²) in [5.41, 5.74) is 2.11. The van der Waals surface area contributed by atoms with Gasteiger partial charge < -0.3 is 14.5 Å². The maximum atomic E-state index is 10.6. The highest BCUT2D eigenvalue weighted by atomic mass is 16.5. The molecule has 1 N–H and O–H groups in total. The Morgan fingerprint density at radius 2 is 1.83 bits per heavy atom. The third-order valence-electron chi connectivity index (χ3n) is 4.12. The lowest BCUT2D eigenvalue weighted by atomic mass is 10.2. The van der Waals surface area contributed by atoms with Crippen LogP contribution < -0.4 is 4.90 Å². The molecular weight excluding hydrogens is 294 g/mol. The molecule has 6 heteroatoms. The zero-order valence-corrected chi connectivity index (χ0v) is 13.1. The van der Waals surface area contributed by atoms with E-state index in [0.29, 0.717) is 11.7 Å². The number of benzene rings is 1. The molecule has 0 radical (unpaired) electrons. The molecule has 6 nitrogen and oxygen atoms in total. The summed E-state index contributed by atoms with van der Waals surface area (Å²) in [5.74, 6) is -0.00153. The van der Waals surface area contributed by atoms with Gasteiger partial charge in [0.2, 0.25) is 11.7 Å². The van der Waals surface area contributed by atoms with Crippen molar-refractivity contribution >= 4 is 11.7 Å². The average Bonchev–Trinajstić information content (AvgIpc) is 2.87. The smallest absolute Gasteiger partial charge is 0.303 e. The van der Waals surface area contributed by atoms with Gasteiger partial charge >= 0.3 is 5.97 Å². The highest BCUT2D eigenvalue weighted by Gasteiger charge is 2.12. The van der Waals surface area contributed by atoms with Crippen LogP contribution in [0.4, 0.5) is 5.69 Å². The molecule has 2 heterocycles. The Morgan fingerprint density at radius 3 is 2.48 bits per heavy atom. The minimum absolute atomic E-state index is 0.00443. The molecule has 23 heavy (non-hydrogen) atoms. The number of carboxylic acids is 1. The Hall–Kier alpha value is -2.37. The molecule has 1 fully saturated rings. The summed E-state index contributed by atoms with van der Waals surface area (Å²) in [6.45, 7) is 2.22. The Morgan fingerprint density at radius 1 is 1.13 bits per heavy atom. The highest BCUT2D eigenvalue weighted by Crippen LogP contribution is 2.23. The van der Waals surface area contributed by atoms with Crippen molar-refractivity contribution in [3.8, 4) is 11.4 Å². The summed E-state index contributed by atoms with van der Waals surface area (Å²) in [4.78, 5) is 17.2. The van der Waals surface area contributed by atoms with Crippen molar-refractivity contribution < 1.29 is 14.4 Å². The molecule has 0 bridgehead atoms. The number of hydrogen-bond acceptors (Lipinski definition) is 5. The SMILES string of the molecule is O=C(O)CCc1nc(-c2ccc(N3CCCCCC3)cc2)no1. The lowest BCUT2D eigenvalue weighted by molar-refractivity contribution is -0.137. The number of carbonyl (C=O) groups is 1. The zero-order valence-electron chi connectivity index (χ0n) is 13.1. The van der Waals surface area contributed by atoms with E-state index >= 15 is 0 Å². The second kappa shape index (κ2) is 7.26. The van der Waals surface area contributed by atoms with E-state index in [0.717, 1.165) is 18.7 Å². The molecule has 1 aliphatic heterocycles. The maximum Gasteiger partial charge on any atom is 0.303 e. The lowest BCUT2D eigenvalue weighted by Crippen LogP contribution is -2.23. The van der Waals surface area contributed by atoms with Crippen molar-refractivity contribution in [1.29, 1.82) is 0 Å². The lowest BCUT2D eigenvalue weighted by Gasteiger charge is -2.22. The highest BCUT2D eigenvalue weighted by molar-refractivity contribution is 5.67. The number of hydrogen-bond donors (Lipinski definition) is 1. The second-order valence-corrected chi connectivity index (χ2v) is 5.85. The van der Waals surface area contributed by atoms with E-state index in [1.54, 1.807) is 0 Å². The molecule has 0 saturated carbocycles. The van der Waals surface area contributed by atoms with Gasteiger partial charge in [-0.1, -0.05) is 18.0 Å². The van der Waals surface area contributed by atoms with Crippen molar-refractivity contribution in [2.75, 3.05) is 18.0 Å². The monoisotopic (exact) mass is 315 g/mol. The number of nitrogens with zero attached hydrogens (tertiary/aromatic N) is 3. The fourth-order valence-electron chi connectivity index (χ4n) is 2.84. The quantitative estimate of drug-likeness (QED) is 0.913. The van der Waals surface area contributed by atoms with Gasteiger partial charge in [0.25, 0.3) is 0 Å². The normalized spacial score (nSPS) is 15.4. The summed E-state index contributed by atoms with van der Waals surface area (Å²) >= 11 is 0. The molecule has 0 atom stereocenters. The summed E-state index contributed by atoms with van der Waals surface area (Å²) in [6, 6.07) is 8.17. The molecule has 3 rings (SSSR count). The van der Waals surface area contributed by atoms with Crippen molar-refractivity contribution in [2.24, 2.45) is 0 Å². The van der Waals surface area contributed by atoms with E-state index in [1.807, 2.05) is 12.1 Å². The van der Waals surface area contributed by atoms with E-state index in [-0.39, 0.29) is 12.8 Å². The van der Waals surface area contributed by atoms with Crippen LogP contribution in [-0.4, -0.2) is 34.3 Å². The van der Waals surface area contributed by atoms with Crippen LogP contribution in [0.5, 0.6) is 0 Å². The number of carboxylic acid groups (broad SMARTS) is 1. The van der Waals surface area contributed by atoms with Gasteiger partial charge in [0.05, 0.1) is 6.42 Å². The first-order chi connectivity index (χ1) is 11.2. The van der Waals surface area contributed by atoms with E-state index in [1.165, 1.54) is 31.4 Å². The Balaban J connectivity index is 1.68. The van der Waals surface area contributed by atoms with Crippen LogP contribution in [-0.2, 0) is 11.2 Å². The van der Waals surface area contributed by atoms with Crippen molar-refractivity contribution in [3.05, 3.63) is 30.2 Å². The Bertz CT molecular complexity index is 643. The number of aromatic nitrogens is 2. The molecule has 2 aromatic rings. The first-order valence-corrected chi connectivity index (χ1v) is 8.12. The van der Waals surface area contributed by atoms with Crippen LogP contribution in [0, 0.1) is 0 Å². The molecule has 0 amide bonds. The maximum absolute atomic E-state index is 10.6. The molecule has 1 aromatic carbocycles. The minimum Gasteiger partial charge on any atom is -0.481 e. The van der Waals surface area contributed by atoms with E-state index in [2.05, 4.69) is 27.2 Å². The third kappa shape index (κ3) is 4.09. The van der Waals surface area contributed by atoms with Crippen LogP contribution in [0.2, 0.25) is 0 Å². The van der Waals surface area contributed by atoms with Crippen LogP contribution in [0.1, 0.15) is 38.0 Å². The van der Waals surface area contributed by atoms with E-state index in [4.69, 9.17) is 9.63 Å². The van der Waals surface area contributed by atoms with Crippen LogP contribution in [0.3, 0.4) is 0 Å². The Kier molecular flexibility index (Phi) is 4.90. The van der Waals surface area contributed by atoms with Crippen molar-refractivity contribution in [1.82, 2.24) is 10.1 Å². The van der Waals surface area contributed by atoms with Gasteiger partial charge in [-0.25, -0.2) is 0 Å². The molecule has 1 aromatic heterocycles. The van der Waals surface area contributed by atoms with Gasteiger partial charge in [0.1, 0.15) is 0 Å². The molecule has 122 valence electrons. The number of rotatable bonds is 5. The van der Waals surface area contributed by atoms with Crippen LogP contribution in [0.15, 0.2) is 28.8 Å². The largest absolute Gasteiger partial charge is 0.481 e. The predicted molar refractivity (Wildman–Crippen MR) is 86.4 cm³/mol. The van der Waals surface area contributed by atoms with Gasteiger partial charge in [0.15, 0.2) is 0 Å². The van der Waals surface area contributed by atoms with Crippen molar-refractivity contribution in [3.63, 3.8) is 0 Å². The van der Waals surface area contributed by atoms with Gasteiger partial charge in [-0.05, 0) is 37.1 Å². The fourth-order valence-corrected chi connectivity index (χ4v) is 2.84. The first kappa shape index (κ1) is 15.5. The Labute approximate surface area is 135 Å².